The molecule has 0 aliphatic carbocycles. The van der Waals surface area contributed by atoms with Crippen molar-refractivity contribution in [2.45, 2.75) is 31.0 Å². The lowest BCUT2D eigenvalue weighted by Crippen LogP contribution is -2.39. The molecule has 0 bridgehead atoms. The fourth-order valence-electron chi connectivity index (χ4n) is 3.21. The second kappa shape index (κ2) is 10.2. The van der Waals surface area contributed by atoms with Crippen LogP contribution in [0.25, 0.3) is 0 Å². The van der Waals surface area contributed by atoms with E-state index < -0.39 is 21.9 Å². The Morgan fingerprint density at radius 1 is 0.844 bits per heavy atom. The van der Waals surface area contributed by atoms with Crippen LogP contribution in [0.1, 0.15) is 28.4 Å². The number of hydrogen-bond acceptors (Lipinski definition) is 5. The molecule has 0 saturated carbocycles. The molecule has 0 aliphatic heterocycles. The maximum absolute atomic E-state index is 13.2. The molecule has 0 saturated heterocycles. The summed E-state index contributed by atoms with van der Waals surface area (Å²) in [6.07, 6.45) is 0.0195. The quantitative estimate of drug-likeness (QED) is 0.486. The summed E-state index contributed by atoms with van der Waals surface area (Å²) in [6.45, 7) is 2.24. The van der Waals surface area contributed by atoms with Crippen LogP contribution in [-0.2, 0) is 32.5 Å². The number of amides is 1. The Labute approximate surface area is 188 Å². The van der Waals surface area contributed by atoms with Crippen LogP contribution in [0, 0.1) is 0 Å². The third kappa shape index (κ3) is 6.28. The Morgan fingerprint density at radius 2 is 1.38 bits per heavy atom. The third-order valence-corrected chi connectivity index (χ3v) is 5.98. The number of hydrogen-bond donors (Lipinski definition) is 0. The van der Waals surface area contributed by atoms with Crippen LogP contribution < -0.4 is 0 Å². The van der Waals surface area contributed by atoms with E-state index in [0.717, 1.165) is 17.4 Å². The minimum absolute atomic E-state index is 0.0145. The highest BCUT2D eigenvalue weighted by atomic mass is 32.2. The van der Waals surface area contributed by atoms with Gasteiger partial charge in [0.15, 0.2) is 15.9 Å². The van der Waals surface area contributed by atoms with Crippen molar-refractivity contribution in [2.24, 2.45) is 0 Å². The Bertz CT molecular complexity index is 1140. The van der Waals surface area contributed by atoms with Crippen molar-refractivity contribution in [3.63, 3.8) is 0 Å². The smallest absolute Gasteiger partial charge is 0.338 e. The van der Waals surface area contributed by atoms with Gasteiger partial charge in [-0.3, -0.25) is 4.79 Å². The van der Waals surface area contributed by atoms with E-state index in [2.05, 4.69) is 0 Å². The molecule has 0 radical (unpaired) electrons. The van der Waals surface area contributed by atoms with Gasteiger partial charge in [0.05, 0.1) is 10.5 Å². The molecule has 7 heteroatoms. The molecule has 3 aromatic carbocycles. The number of carbonyl (C=O) groups excluding carboxylic acids is 2. The number of esters is 1. The first-order valence-corrected chi connectivity index (χ1v) is 12.0. The number of rotatable bonds is 8. The van der Waals surface area contributed by atoms with E-state index in [1.165, 1.54) is 31.2 Å². The van der Waals surface area contributed by atoms with Crippen LogP contribution in [-0.4, -0.2) is 37.6 Å². The van der Waals surface area contributed by atoms with Gasteiger partial charge in [0, 0.05) is 19.3 Å². The van der Waals surface area contributed by atoms with Crippen molar-refractivity contribution in [3.8, 4) is 0 Å². The van der Waals surface area contributed by atoms with Gasteiger partial charge >= 0.3 is 5.97 Å². The second-order valence-corrected chi connectivity index (χ2v) is 9.53. The molecule has 6 nitrogen and oxygen atoms in total. The van der Waals surface area contributed by atoms with E-state index in [1.807, 2.05) is 60.7 Å². The van der Waals surface area contributed by atoms with Gasteiger partial charge in [-0.15, -0.1) is 0 Å². The minimum Gasteiger partial charge on any atom is -0.449 e. The lowest BCUT2D eigenvalue weighted by Gasteiger charge is -2.26. The molecule has 0 aromatic heterocycles. The highest BCUT2D eigenvalue weighted by Crippen LogP contribution is 2.16. The van der Waals surface area contributed by atoms with E-state index in [-0.39, 0.29) is 16.4 Å². The molecule has 0 N–H and O–H groups in total. The molecular weight excluding hydrogens is 426 g/mol. The monoisotopic (exact) mass is 451 g/mol. The van der Waals surface area contributed by atoms with Crippen molar-refractivity contribution in [3.05, 3.63) is 102 Å². The Hall–Kier alpha value is -3.45. The molecule has 1 amide bonds. The average molecular weight is 452 g/mol. The maximum atomic E-state index is 13.2. The van der Waals surface area contributed by atoms with Crippen LogP contribution in [0.2, 0.25) is 0 Å². The summed E-state index contributed by atoms with van der Waals surface area (Å²) in [7, 11) is -3.47. The van der Waals surface area contributed by atoms with Crippen molar-refractivity contribution in [2.75, 3.05) is 6.26 Å². The maximum Gasteiger partial charge on any atom is 0.338 e. The lowest BCUT2D eigenvalue weighted by molar-refractivity contribution is -0.141. The predicted octanol–water partition coefficient (Wildman–Crippen LogP) is 3.86. The van der Waals surface area contributed by atoms with Crippen molar-refractivity contribution >= 4 is 21.7 Å². The Kier molecular flexibility index (Phi) is 7.43. The summed E-state index contributed by atoms with van der Waals surface area (Å²) in [4.78, 5) is 27.4. The zero-order chi connectivity index (χ0) is 23.1. The van der Waals surface area contributed by atoms with E-state index in [9.17, 15) is 18.0 Å². The SMILES string of the molecule is C[C@@H](OC(=O)c1cccc(S(C)(=O)=O)c1)C(=O)N(Cc1ccccc1)Cc1ccccc1. The number of sulfone groups is 1. The standard InChI is InChI=1S/C25H25NO5S/c1-19(31-25(28)22-14-9-15-23(16-22)32(2,29)30)24(27)26(17-20-10-5-3-6-11-20)18-21-12-7-4-8-13-21/h3-16,19H,17-18H2,1-2H3/t19-/m1/s1. The van der Waals surface area contributed by atoms with Crippen molar-refractivity contribution < 1.29 is 22.7 Å². The topological polar surface area (TPSA) is 80.8 Å². The predicted molar refractivity (Wildman–Crippen MR) is 122 cm³/mol. The van der Waals surface area contributed by atoms with Crippen LogP contribution in [0.5, 0.6) is 0 Å². The van der Waals surface area contributed by atoms with Crippen LogP contribution in [0.4, 0.5) is 0 Å². The van der Waals surface area contributed by atoms with Crippen LogP contribution in [0.3, 0.4) is 0 Å². The van der Waals surface area contributed by atoms with E-state index in [0.29, 0.717) is 13.1 Å². The highest BCUT2D eigenvalue weighted by Gasteiger charge is 2.25. The van der Waals surface area contributed by atoms with Crippen molar-refractivity contribution in [1.82, 2.24) is 4.90 Å². The zero-order valence-electron chi connectivity index (χ0n) is 18.0. The summed E-state index contributed by atoms with van der Waals surface area (Å²) in [6, 6.07) is 24.7. The molecule has 1 atom stereocenters. The largest absolute Gasteiger partial charge is 0.449 e. The normalized spacial score (nSPS) is 12.1. The molecule has 32 heavy (non-hydrogen) atoms. The van der Waals surface area contributed by atoms with Gasteiger partial charge in [-0.1, -0.05) is 66.7 Å². The summed E-state index contributed by atoms with van der Waals surface area (Å²) in [5.41, 5.74) is 1.98. The van der Waals surface area contributed by atoms with Gasteiger partial charge in [0.1, 0.15) is 0 Å². The average Bonchev–Trinajstić information content (AvgIpc) is 2.79. The molecule has 0 spiro atoms. The zero-order valence-corrected chi connectivity index (χ0v) is 18.8. The minimum atomic E-state index is -3.47. The van der Waals surface area contributed by atoms with Gasteiger partial charge in [-0.25, -0.2) is 13.2 Å². The van der Waals surface area contributed by atoms with Gasteiger partial charge in [0.25, 0.3) is 5.91 Å². The fraction of sp³-hybridized carbons (Fsp3) is 0.200. The number of benzene rings is 3. The van der Waals surface area contributed by atoms with Gasteiger partial charge in [0.2, 0.25) is 0 Å². The van der Waals surface area contributed by atoms with E-state index in [4.69, 9.17) is 4.74 Å². The highest BCUT2D eigenvalue weighted by molar-refractivity contribution is 7.90. The molecule has 166 valence electrons. The van der Waals surface area contributed by atoms with E-state index in [1.54, 1.807) is 4.90 Å². The Morgan fingerprint density at radius 3 is 1.88 bits per heavy atom. The van der Waals surface area contributed by atoms with Gasteiger partial charge < -0.3 is 9.64 Å². The number of ether oxygens (including phenoxy) is 1. The lowest BCUT2D eigenvalue weighted by atomic mass is 10.1. The Balaban J connectivity index is 1.77. The fourth-order valence-corrected chi connectivity index (χ4v) is 3.88. The summed E-state index contributed by atoms with van der Waals surface area (Å²) >= 11 is 0. The number of carbonyl (C=O) groups is 2. The van der Waals surface area contributed by atoms with Crippen molar-refractivity contribution in [1.29, 1.82) is 0 Å². The summed E-state index contributed by atoms with van der Waals surface area (Å²) < 4.78 is 28.9. The third-order valence-electron chi connectivity index (χ3n) is 4.87. The summed E-state index contributed by atoms with van der Waals surface area (Å²) in [5.74, 6) is -1.10. The number of nitrogens with zero attached hydrogens (tertiary/aromatic N) is 1. The summed E-state index contributed by atoms with van der Waals surface area (Å²) in [5, 5.41) is 0. The van der Waals surface area contributed by atoms with Crippen LogP contribution in [0.15, 0.2) is 89.8 Å². The second-order valence-electron chi connectivity index (χ2n) is 7.51. The molecule has 3 aromatic rings. The molecule has 0 aliphatic rings. The molecule has 0 unspecified atom stereocenters. The van der Waals surface area contributed by atoms with Crippen LogP contribution >= 0.6 is 0 Å². The molecule has 0 heterocycles. The van der Waals surface area contributed by atoms with Gasteiger partial charge in [-0.05, 0) is 36.2 Å². The molecular formula is C25H25NO5S. The first-order chi connectivity index (χ1) is 15.2. The van der Waals surface area contributed by atoms with E-state index >= 15 is 0 Å². The van der Waals surface area contributed by atoms with Gasteiger partial charge in [-0.2, -0.15) is 0 Å². The first-order valence-electron chi connectivity index (χ1n) is 10.1. The molecule has 3 rings (SSSR count). The first kappa shape index (κ1) is 23.2. The molecule has 0 fully saturated rings.